The Morgan fingerprint density at radius 3 is 2.19 bits per heavy atom. The summed E-state index contributed by atoms with van der Waals surface area (Å²) in [5, 5.41) is 0. The highest BCUT2D eigenvalue weighted by molar-refractivity contribution is 5.36. The Balaban J connectivity index is 0.00000106. The molecule has 1 aromatic carbocycles. The predicted molar refractivity (Wildman–Crippen MR) is 58.6 cm³/mol. The van der Waals surface area contributed by atoms with Crippen LogP contribution in [-0.2, 0) is 6.42 Å². The molecule has 0 unspecified atom stereocenters. The van der Waals surface area contributed by atoms with Crippen molar-refractivity contribution in [3.8, 4) is 5.75 Å². The highest BCUT2D eigenvalue weighted by atomic mass is 19.4. The third-order valence-electron chi connectivity index (χ3n) is 1.82. The number of hydrogen-bond donors (Lipinski definition) is 0. The van der Waals surface area contributed by atoms with Gasteiger partial charge in [0.2, 0.25) is 0 Å². The number of benzene rings is 1. The number of alkyl halides is 3. The molecule has 0 saturated carbocycles. The van der Waals surface area contributed by atoms with Crippen LogP contribution >= 0.6 is 0 Å². The summed E-state index contributed by atoms with van der Waals surface area (Å²) in [6, 6.07) is 4.64. The summed E-state index contributed by atoms with van der Waals surface area (Å²) in [6.45, 7) is 7.62. The second-order valence-electron chi connectivity index (χ2n) is 3.01. The van der Waals surface area contributed by atoms with Gasteiger partial charge in [-0.3, -0.25) is 0 Å². The van der Waals surface area contributed by atoms with Crippen molar-refractivity contribution in [2.45, 2.75) is 40.5 Å². The number of ether oxygens (including phenoxy) is 1. The molecule has 0 aliphatic rings. The van der Waals surface area contributed by atoms with Crippen molar-refractivity contribution in [3.05, 3.63) is 29.3 Å². The van der Waals surface area contributed by atoms with Crippen molar-refractivity contribution in [1.29, 1.82) is 0 Å². The van der Waals surface area contributed by atoms with E-state index in [1.807, 2.05) is 20.8 Å². The summed E-state index contributed by atoms with van der Waals surface area (Å²) in [5.41, 5.74) is 1.50. The van der Waals surface area contributed by atoms with E-state index in [9.17, 15) is 13.2 Å². The zero-order valence-corrected chi connectivity index (χ0v) is 9.98. The molecule has 16 heavy (non-hydrogen) atoms. The molecule has 0 aromatic heterocycles. The summed E-state index contributed by atoms with van der Waals surface area (Å²) in [6.07, 6.45) is -4.09. The van der Waals surface area contributed by atoms with Crippen LogP contribution in [0.3, 0.4) is 0 Å². The molecular weight excluding hydrogens is 217 g/mol. The van der Waals surface area contributed by atoms with Crippen molar-refractivity contribution in [3.63, 3.8) is 0 Å². The molecule has 0 aliphatic heterocycles. The molecule has 92 valence electrons. The van der Waals surface area contributed by atoms with E-state index < -0.39 is 6.36 Å². The minimum absolute atomic E-state index is 0.106. The maximum Gasteiger partial charge on any atom is 0.573 e. The SMILES string of the molecule is CC.CCc1cc(C)ccc1OC(F)(F)F. The van der Waals surface area contributed by atoms with Crippen molar-refractivity contribution in [2.75, 3.05) is 0 Å². The van der Waals surface area contributed by atoms with Gasteiger partial charge in [-0.15, -0.1) is 13.2 Å². The van der Waals surface area contributed by atoms with E-state index in [1.54, 1.807) is 19.1 Å². The Hall–Kier alpha value is -1.19. The van der Waals surface area contributed by atoms with Gasteiger partial charge < -0.3 is 4.74 Å². The Labute approximate surface area is 94.2 Å². The topological polar surface area (TPSA) is 9.23 Å². The van der Waals surface area contributed by atoms with E-state index >= 15 is 0 Å². The average Bonchev–Trinajstić information content (AvgIpc) is 2.22. The van der Waals surface area contributed by atoms with E-state index in [0.717, 1.165) is 5.56 Å². The van der Waals surface area contributed by atoms with Crippen molar-refractivity contribution < 1.29 is 17.9 Å². The predicted octanol–water partition coefficient (Wildman–Crippen LogP) is 4.48. The molecule has 0 spiro atoms. The van der Waals surface area contributed by atoms with Crippen LogP contribution < -0.4 is 4.74 Å². The van der Waals surface area contributed by atoms with Crippen molar-refractivity contribution >= 4 is 0 Å². The second-order valence-corrected chi connectivity index (χ2v) is 3.01. The van der Waals surface area contributed by atoms with E-state index in [0.29, 0.717) is 12.0 Å². The van der Waals surface area contributed by atoms with Gasteiger partial charge in [0.15, 0.2) is 0 Å². The lowest BCUT2D eigenvalue weighted by atomic mass is 10.1. The van der Waals surface area contributed by atoms with Gasteiger partial charge in [-0.2, -0.15) is 0 Å². The summed E-state index contributed by atoms with van der Waals surface area (Å²) < 4.78 is 39.7. The molecule has 0 amide bonds. The fraction of sp³-hybridized carbons (Fsp3) is 0.500. The number of halogens is 3. The van der Waals surface area contributed by atoms with Crippen LogP contribution in [0.1, 0.15) is 31.9 Å². The molecule has 0 radical (unpaired) electrons. The summed E-state index contributed by atoms with van der Waals surface area (Å²) >= 11 is 0. The minimum Gasteiger partial charge on any atom is -0.406 e. The first kappa shape index (κ1) is 14.8. The van der Waals surface area contributed by atoms with E-state index in [1.165, 1.54) is 6.07 Å². The Bertz CT molecular complexity index is 319. The zero-order valence-electron chi connectivity index (χ0n) is 9.98. The summed E-state index contributed by atoms with van der Waals surface area (Å²) in [7, 11) is 0. The maximum absolute atomic E-state index is 11.9. The van der Waals surface area contributed by atoms with E-state index in [-0.39, 0.29) is 5.75 Å². The lowest BCUT2D eigenvalue weighted by Gasteiger charge is -2.12. The Kier molecular flexibility index (Phi) is 5.93. The van der Waals surface area contributed by atoms with Crippen molar-refractivity contribution in [1.82, 2.24) is 0 Å². The molecule has 0 aliphatic carbocycles. The number of aryl methyl sites for hydroxylation is 2. The summed E-state index contributed by atoms with van der Waals surface area (Å²) in [5.74, 6) is -0.106. The highest BCUT2D eigenvalue weighted by Crippen LogP contribution is 2.27. The first-order valence-corrected chi connectivity index (χ1v) is 5.27. The van der Waals surface area contributed by atoms with Crippen LogP contribution in [0.15, 0.2) is 18.2 Å². The Morgan fingerprint density at radius 2 is 1.75 bits per heavy atom. The largest absolute Gasteiger partial charge is 0.573 e. The fourth-order valence-corrected chi connectivity index (χ4v) is 1.21. The standard InChI is InChI=1S/C10H11F3O.C2H6/c1-3-8-6-7(2)4-5-9(8)14-10(11,12)13;1-2/h4-6H,3H2,1-2H3;1-2H3. The Morgan fingerprint density at radius 1 is 1.19 bits per heavy atom. The molecule has 0 N–H and O–H groups in total. The van der Waals surface area contributed by atoms with Crippen LogP contribution in [0.5, 0.6) is 5.75 Å². The normalized spacial score (nSPS) is 10.4. The van der Waals surface area contributed by atoms with Gasteiger partial charge >= 0.3 is 6.36 Å². The van der Waals surface area contributed by atoms with E-state index in [4.69, 9.17) is 0 Å². The van der Waals surface area contributed by atoms with Gasteiger partial charge in [-0.1, -0.05) is 38.5 Å². The zero-order chi connectivity index (χ0) is 12.8. The average molecular weight is 234 g/mol. The number of hydrogen-bond acceptors (Lipinski definition) is 1. The van der Waals surface area contributed by atoms with Gasteiger partial charge in [0.05, 0.1) is 0 Å². The molecule has 0 saturated heterocycles. The van der Waals surface area contributed by atoms with Crippen LogP contribution in [0.4, 0.5) is 13.2 Å². The highest BCUT2D eigenvalue weighted by Gasteiger charge is 2.31. The molecular formula is C12H17F3O. The van der Waals surface area contributed by atoms with E-state index in [2.05, 4.69) is 4.74 Å². The van der Waals surface area contributed by atoms with Gasteiger partial charge in [0.1, 0.15) is 5.75 Å². The molecule has 1 aromatic rings. The van der Waals surface area contributed by atoms with Crippen LogP contribution in [0.2, 0.25) is 0 Å². The van der Waals surface area contributed by atoms with Crippen LogP contribution in [-0.4, -0.2) is 6.36 Å². The molecule has 0 atom stereocenters. The molecule has 0 bridgehead atoms. The monoisotopic (exact) mass is 234 g/mol. The first-order chi connectivity index (χ1) is 7.42. The second kappa shape index (κ2) is 6.40. The fourth-order valence-electron chi connectivity index (χ4n) is 1.21. The van der Waals surface area contributed by atoms with Gasteiger partial charge in [0, 0.05) is 0 Å². The van der Waals surface area contributed by atoms with Crippen molar-refractivity contribution in [2.24, 2.45) is 0 Å². The first-order valence-electron chi connectivity index (χ1n) is 5.27. The molecule has 0 heterocycles. The molecule has 1 rings (SSSR count). The molecule has 1 nitrogen and oxygen atoms in total. The maximum atomic E-state index is 11.9. The van der Waals surface area contributed by atoms with Gasteiger partial charge in [-0.05, 0) is 25.0 Å². The van der Waals surface area contributed by atoms with Crippen LogP contribution in [0, 0.1) is 6.92 Å². The lowest BCUT2D eigenvalue weighted by Crippen LogP contribution is -2.18. The third-order valence-corrected chi connectivity index (χ3v) is 1.82. The van der Waals surface area contributed by atoms with Gasteiger partial charge in [0.25, 0.3) is 0 Å². The smallest absolute Gasteiger partial charge is 0.406 e. The summed E-state index contributed by atoms with van der Waals surface area (Å²) in [4.78, 5) is 0. The third kappa shape index (κ3) is 5.05. The van der Waals surface area contributed by atoms with Crippen LogP contribution in [0.25, 0.3) is 0 Å². The molecule has 4 heteroatoms. The molecule has 0 fully saturated rings. The number of rotatable bonds is 2. The quantitative estimate of drug-likeness (QED) is 0.733. The minimum atomic E-state index is -4.61. The lowest BCUT2D eigenvalue weighted by molar-refractivity contribution is -0.274. The van der Waals surface area contributed by atoms with Gasteiger partial charge in [-0.25, -0.2) is 0 Å².